The summed E-state index contributed by atoms with van der Waals surface area (Å²) in [5.41, 5.74) is 3.12. The Balaban J connectivity index is 1.66. The monoisotopic (exact) mass is 468 g/mol. The fourth-order valence-electron chi connectivity index (χ4n) is 4.28. The second-order valence-electron chi connectivity index (χ2n) is 8.60. The van der Waals surface area contributed by atoms with Gasteiger partial charge in [-0.3, -0.25) is 9.59 Å². The molecule has 1 aliphatic rings. The van der Waals surface area contributed by atoms with Gasteiger partial charge in [0.05, 0.1) is 12.5 Å². The van der Waals surface area contributed by atoms with Gasteiger partial charge in [-0.25, -0.2) is 4.79 Å². The lowest BCUT2D eigenvalue weighted by Crippen LogP contribution is -2.61. The molecule has 0 heterocycles. The minimum absolute atomic E-state index is 0.0476. The first-order valence-corrected chi connectivity index (χ1v) is 11.5. The number of hydrogen-bond acceptors (Lipinski definition) is 5. The highest BCUT2D eigenvalue weighted by molar-refractivity contribution is 5.90. The van der Waals surface area contributed by atoms with Gasteiger partial charge in [-0.15, -0.1) is 0 Å². The topological polar surface area (TPSA) is 114 Å². The first-order chi connectivity index (χ1) is 16.3. The highest BCUT2D eigenvalue weighted by Crippen LogP contribution is 2.44. The number of hydrogen-bond donors (Lipinski definition) is 3. The third-order valence-electron chi connectivity index (χ3n) is 6.40. The summed E-state index contributed by atoms with van der Waals surface area (Å²) in [5.74, 6) is -2.05. The first kappa shape index (κ1) is 25.2. The molecule has 1 aliphatic carbocycles. The van der Waals surface area contributed by atoms with E-state index < -0.39 is 29.4 Å². The summed E-state index contributed by atoms with van der Waals surface area (Å²) in [6.07, 6.45) is -0.167. The SMILES string of the molecule is CCC(COC)(NC(=O)OCC1c2ccccc2-c2ccccc21)C(=O)NCCC(C)C(=O)O. The zero-order valence-corrected chi connectivity index (χ0v) is 19.8. The van der Waals surface area contributed by atoms with E-state index in [9.17, 15) is 14.4 Å². The molecule has 2 atom stereocenters. The predicted molar refractivity (Wildman–Crippen MR) is 128 cm³/mol. The molecule has 2 amide bonds. The van der Waals surface area contributed by atoms with Crippen molar-refractivity contribution in [1.29, 1.82) is 0 Å². The Hall–Kier alpha value is -3.39. The van der Waals surface area contributed by atoms with Crippen LogP contribution in [0.3, 0.4) is 0 Å². The van der Waals surface area contributed by atoms with E-state index >= 15 is 0 Å². The average molecular weight is 469 g/mol. The minimum atomic E-state index is -1.33. The number of rotatable bonds is 11. The summed E-state index contributed by atoms with van der Waals surface area (Å²) in [4.78, 5) is 36.8. The van der Waals surface area contributed by atoms with Gasteiger partial charge in [0, 0.05) is 19.6 Å². The predicted octanol–water partition coefficient (Wildman–Crippen LogP) is 3.55. The van der Waals surface area contributed by atoms with E-state index in [2.05, 4.69) is 22.8 Å². The number of carboxylic acid groups (broad SMARTS) is 1. The van der Waals surface area contributed by atoms with Gasteiger partial charge in [0.25, 0.3) is 0 Å². The lowest BCUT2D eigenvalue weighted by Gasteiger charge is -2.31. The Labute approximate surface area is 199 Å². The number of aliphatic carboxylic acids is 1. The van der Waals surface area contributed by atoms with Crippen LogP contribution in [0.15, 0.2) is 48.5 Å². The molecule has 0 spiro atoms. The lowest BCUT2D eigenvalue weighted by molar-refractivity contribution is -0.141. The molecule has 0 saturated heterocycles. The Bertz CT molecular complexity index is 994. The molecule has 34 heavy (non-hydrogen) atoms. The van der Waals surface area contributed by atoms with E-state index in [-0.39, 0.29) is 38.5 Å². The first-order valence-electron chi connectivity index (χ1n) is 11.5. The number of nitrogens with one attached hydrogen (secondary N) is 2. The summed E-state index contributed by atoms with van der Waals surface area (Å²) in [7, 11) is 1.45. The largest absolute Gasteiger partial charge is 0.481 e. The maximum Gasteiger partial charge on any atom is 0.408 e. The van der Waals surface area contributed by atoms with Crippen LogP contribution in [0.5, 0.6) is 0 Å². The van der Waals surface area contributed by atoms with Crippen LogP contribution in [0.25, 0.3) is 11.1 Å². The Morgan fingerprint density at radius 2 is 1.65 bits per heavy atom. The zero-order valence-electron chi connectivity index (χ0n) is 19.8. The van der Waals surface area contributed by atoms with Gasteiger partial charge in [-0.05, 0) is 35.1 Å². The summed E-state index contributed by atoms with van der Waals surface area (Å²) >= 11 is 0. The minimum Gasteiger partial charge on any atom is -0.481 e. The normalized spacial score (nSPS) is 14.9. The highest BCUT2D eigenvalue weighted by atomic mass is 16.5. The van der Waals surface area contributed by atoms with Gasteiger partial charge in [-0.2, -0.15) is 0 Å². The van der Waals surface area contributed by atoms with Gasteiger partial charge >= 0.3 is 12.1 Å². The maximum atomic E-state index is 13.0. The zero-order chi connectivity index (χ0) is 24.7. The number of alkyl carbamates (subject to hydrolysis) is 1. The number of methoxy groups -OCH3 is 1. The van der Waals surface area contributed by atoms with Gasteiger partial charge in [0.2, 0.25) is 5.91 Å². The molecule has 8 heteroatoms. The average Bonchev–Trinajstić information content (AvgIpc) is 3.15. The van der Waals surface area contributed by atoms with E-state index in [0.29, 0.717) is 0 Å². The molecule has 0 bridgehead atoms. The van der Waals surface area contributed by atoms with E-state index in [0.717, 1.165) is 22.3 Å². The van der Waals surface area contributed by atoms with Crippen molar-refractivity contribution in [1.82, 2.24) is 10.6 Å². The second-order valence-corrected chi connectivity index (χ2v) is 8.60. The standard InChI is InChI=1S/C26H32N2O6/c1-4-26(16-33-3,24(31)27-14-13-17(2)23(29)30)28-25(32)34-15-22-20-11-7-5-9-18(20)19-10-6-8-12-21(19)22/h5-12,17,22H,4,13-16H2,1-3H3,(H,27,31)(H,28,32)(H,29,30). The molecule has 2 aromatic carbocycles. The van der Waals surface area contributed by atoms with Crippen LogP contribution in [0, 0.1) is 5.92 Å². The van der Waals surface area contributed by atoms with Crippen LogP contribution >= 0.6 is 0 Å². The number of amides is 2. The molecule has 2 aromatic rings. The van der Waals surface area contributed by atoms with Crippen molar-refractivity contribution in [2.24, 2.45) is 5.92 Å². The smallest absolute Gasteiger partial charge is 0.408 e. The molecule has 0 aromatic heterocycles. The Morgan fingerprint density at radius 1 is 1.06 bits per heavy atom. The van der Waals surface area contributed by atoms with Crippen molar-refractivity contribution in [3.8, 4) is 11.1 Å². The molecule has 8 nitrogen and oxygen atoms in total. The summed E-state index contributed by atoms with van der Waals surface area (Å²) in [6.45, 7) is 3.59. The molecule has 0 fully saturated rings. The second kappa shape index (κ2) is 11.2. The van der Waals surface area contributed by atoms with Gasteiger partial charge in [0.15, 0.2) is 0 Å². The molecule has 0 aliphatic heterocycles. The molecule has 2 unspecified atom stereocenters. The number of fused-ring (bicyclic) bond motifs is 3. The summed E-state index contributed by atoms with van der Waals surface area (Å²) < 4.78 is 10.8. The molecule has 0 radical (unpaired) electrons. The van der Waals surface area contributed by atoms with Crippen LogP contribution in [-0.2, 0) is 19.1 Å². The van der Waals surface area contributed by atoms with Crippen molar-refractivity contribution in [2.45, 2.75) is 38.1 Å². The van der Waals surface area contributed by atoms with E-state index in [1.165, 1.54) is 7.11 Å². The molecule has 182 valence electrons. The Morgan fingerprint density at radius 3 is 2.18 bits per heavy atom. The van der Waals surface area contributed by atoms with Crippen LogP contribution in [0.4, 0.5) is 4.79 Å². The molecule has 3 rings (SSSR count). The third-order valence-corrected chi connectivity index (χ3v) is 6.40. The number of ether oxygens (including phenoxy) is 2. The van der Waals surface area contributed by atoms with Crippen molar-refractivity contribution in [2.75, 3.05) is 26.9 Å². The summed E-state index contributed by atoms with van der Waals surface area (Å²) in [5, 5.41) is 14.4. The van der Waals surface area contributed by atoms with Crippen molar-refractivity contribution < 1.29 is 29.0 Å². The fraction of sp³-hybridized carbons (Fsp3) is 0.423. The van der Waals surface area contributed by atoms with E-state index in [1.807, 2.05) is 36.4 Å². The van der Waals surface area contributed by atoms with Crippen molar-refractivity contribution in [3.63, 3.8) is 0 Å². The maximum absolute atomic E-state index is 13.0. The third kappa shape index (κ3) is 5.39. The van der Waals surface area contributed by atoms with Crippen molar-refractivity contribution >= 4 is 18.0 Å². The molecular formula is C26H32N2O6. The molecule has 0 saturated carbocycles. The number of benzene rings is 2. The molecular weight excluding hydrogens is 436 g/mol. The fourth-order valence-corrected chi connectivity index (χ4v) is 4.28. The van der Waals surface area contributed by atoms with Crippen LogP contribution < -0.4 is 10.6 Å². The molecule has 3 N–H and O–H groups in total. The number of carboxylic acids is 1. The van der Waals surface area contributed by atoms with E-state index in [1.54, 1.807) is 13.8 Å². The van der Waals surface area contributed by atoms with Gasteiger partial charge in [-0.1, -0.05) is 62.4 Å². The van der Waals surface area contributed by atoms with Crippen LogP contribution in [0.2, 0.25) is 0 Å². The Kier molecular flexibility index (Phi) is 8.28. The number of carbonyl (C=O) groups excluding carboxylic acids is 2. The van der Waals surface area contributed by atoms with E-state index in [4.69, 9.17) is 14.6 Å². The van der Waals surface area contributed by atoms with Crippen LogP contribution in [0.1, 0.15) is 43.7 Å². The lowest BCUT2D eigenvalue weighted by atomic mass is 9.95. The van der Waals surface area contributed by atoms with Gasteiger partial charge < -0.3 is 25.2 Å². The quantitative estimate of drug-likeness (QED) is 0.465. The van der Waals surface area contributed by atoms with Crippen molar-refractivity contribution in [3.05, 3.63) is 59.7 Å². The van der Waals surface area contributed by atoms with Crippen LogP contribution in [-0.4, -0.2) is 55.5 Å². The summed E-state index contributed by atoms with van der Waals surface area (Å²) in [6, 6.07) is 16.1. The number of carbonyl (C=O) groups is 3. The highest BCUT2D eigenvalue weighted by Gasteiger charge is 2.39. The van der Waals surface area contributed by atoms with Gasteiger partial charge in [0.1, 0.15) is 12.1 Å².